The molecule has 0 amide bonds. The first-order chi connectivity index (χ1) is 11.4. The summed E-state index contributed by atoms with van der Waals surface area (Å²) in [6.07, 6.45) is 0.659. The van der Waals surface area contributed by atoms with E-state index in [4.69, 9.17) is 15.2 Å². The largest absolute Gasteiger partial charge is 0.496 e. The highest BCUT2D eigenvalue weighted by atomic mass is 16.5. The van der Waals surface area contributed by atoms with Crippen molar-refractivity contribution in [2.75, 3.05) is 14.2 Å². The molecule has 4 heteroatoms. The van der Waals surface area contributed by atoms with Gasteiger partial charge in [0.05, 0.1) is 14.2 Å². The molecule has 0 radical (unpaired) electrons. The number of methoxy groups -OCH3 is 2. The Labute approximate surface area is 144 Å². The third kappa shape index (κ3) is 3.40. The van der Waals surface area contributed by atoms with Crippen molar-refractivity contribution in [3.05, 3.63) is 59.7 Å². The van der Waals surface area contributed by atoms with E-state index >= 15 is 0 Å². The van der Waals surface area contributed by atoms with E-state index in [1.807, 2.05) is 48.5 Å². The van der Waals surface area contributed by atoms with Gasteiger partial charge in [-0.1, -0.05) is 50.2 Å². The second kappa shape index (κ2) is 7.69. The molecular weight excluding hydrogens is 302 g/mol. The summed E-state index contributed by atoms with van der Waals surface area (Å²) in [5.74, 6) is 1.55. The third-order valence-electron chi connectivity index (χ3n) is 4.30. The van der Waals surface area contributed by atoms with Gasteiger partial charge < -0.3 is 20.3 Å². The first-order valence-electron chi connectivity index (χ1n) is 8.20. The van der Waals surface area contributed by atoms with Crippen LogP contribution in [0.4, 0.5) is 0 Å². The van der Waals surface area contributed by atoms with Crippen LogP contribution in [0.1, 0.15) is 31.4 Å². The van der Waals surface area contributed by atoms with Crippen LogP contribution < -0.4 is 15.2 Å². The van der Waals surface area contributed by atoms with E-state index in [9.17, 15) is 5.11 Å². The average Bonchev–Trinajstić information content (AvgIpc) is 2.60. The van der Waals surface area contributed by atoms with Gasteiger partial charge in [0, 0.05) is 17.2 Å². The standard InChI is InChI=1S/C20H27NO3/c1-14(2)13-19(21)20(22,15-9-5-7-11-17(15)23-3)16-10-6-8-12-18(16)24-4/h5-12,14,19,22H,13,21H2,1-4H3. The Morgan fingerprint density at radius 1 is 0.917 bits per heavy atom. The lowest BCUT2D eigenvalue weighted by molar-refractivity contribution is 0.0395. The second-order valence-corrected chi connectivity index (χ2v) is 6.40. The van der Waals surface area contributed by atoms with Gasteiger partial charge in [-0.2, -0.15) is 0 Å². The van der Waals surface area contributed by atoms with Crippen LogP contribution in [0.15, 0.2) is 48.5 Å². The third-order valence-corrected chi connectivity index (χ3v) is 4.30. The van der Waals surface area contributed by atoms with Gasteiger partial charge in [0.25, 0.3) is 0 Å². The van der Waals surface area contributed by atoms with Crippen molar-refractivity contribution < 1.29 is 14.6 Å². The SMILES string of the molecule is COc1ccccc1C(O)(c1ccccc1OC)C(N)CC(C)C. The highest BCUT2D eigenvalue weighted by molar-refractivity contribution is 5.51. The van der Waals surface area contributed by atoms with Crippen molar-refractivity contribution in [2.24, 2.45) is 11.7 Å². The Hall–Kier alpha value is -2.04. The fourth-order valence-corrected chi connectivity index (χ4v) is 3.14. The molecule has 0 aliphatic carbocycles. The summed E-state index contributed by atoms with van der Waals surface area (Å²) >= 11 is 0. The second-order valence-electron chi connectivity index (χ2n) is 6.40. The van der Waals surface area contributed by atoms with Gasteiger partial charge >= 0.3 is 0 Å². The van der Waals surface area contributed by atoms with Gasteiger partial charge in [0.15, 0.2) is 0 Å². The molecule has 24 heavy (non-hydrogen) atoms. The highest BCUT2D eigenvalue weighted by Crippen LogP contribution is 2.42. The minimum Gasteiger partial charge on any atom is -0.496 e. The van der Waals surface area contributed by atoms with Gasteiger partial charge in [-0.25, -0.2) is 0 Å². The lowest BCUT2D eigenvalue weighted by atomic mass is 9.77. The van der Waals surface area contributed by atoms with Crippen molar-refractivity contribution in [1.29, 1.82) is 0 Å². The van der Waals surface area contributed by atoms with E-state index in [0.29, 0.717) is 35.0 Å². The Bertz CT molecular complexity index is 622. The number of aliphatic hydroxyl groups is 1. The molecule has 0 aromatic heterocycles. The van der Waals surface area contributed by atoms with Gasteiger partial charge in [0.2, 0.25) is 0 Å². The molecule has 0 aliphatic heterocycles. The molecule has 2 rings (SSSR count). The summed E-state index contributed by atoms with van der Waals surface area (Å²) in [4.78, 5) is 0. The minimum atomic E-state index is -1.41. The maximum Gasteiger partial charge on any atom is 0.137 e. The van der Waals surface area contributed by atoms with Crippen LogP contribution in [-0.2, 0) is 5.60 Å². The number of hydrogen-bond donors (Lipinski definition) is 2. The van der Waals surface area contributed by atoms with Crippen molar-refractivity contribution in [3.8, 4) is 11.5 Å². The van der Waals surface area contributed by atoms with E-state index in [2.05, 4.69) is 13.8 Å². The first-order valence-corrected chi connectivity index (χ1v) is 8.20. The summed E-state index contributed by atoms with van der Waals surface area (Å²) in [5.41, 5.74) is 6.38. The van der Waals surface area contributed by atoms with Crippen LogP contribution in [0.5, 0.6) is 11.5 Å². The highest BCUT2D eigenvalue weighted by Gasteiger charge is 2.42. The average molecular weight is 329 g/mol. The zero-order chi connectivity index (χ0) is 17.7. The van der Waals surface area contributed by atoms with E-state index in [1.54, 1.807) is 14.2 Å². The van der Waals surface area contributed by atoms with Crippen LogP contribution in [0.25, 0.3) is 0 Å². The van der Waals surface area contributed by atoms with Crippen LogP contribution in [0, 0.1) is 5.92 Å². The van der Waals surface area contributed by atoms with Crippen LogP contribution in [0.3, 0.4) is 0 Å². The van der Waals surface area contributed by atoms with Crippen molar-refractivity contribution in [2.45, 2.75) is 31.9 Å². The van der Waals surface area contributed by atoms with Crippen LogP contribution >= 0.6 is 0 Å². The predicted molar refractivity (Wildman–Crippen MR) is 96.4 cm³/mol. The van der Waals surface area contributed by atoms with Gasteiger partial charge in [-0.15, -0.1) is 0 Å². The summed E-state index contributed by atoms with van der Waals surface area (Å²) in [6, 6.07) is 14.4. The lowest BCUT2D eigenvalue weighted by Gasteiger charge is -2.37. The van der Waals surface area contributed by atoms with E-state index in [0.717, 1.165) is 0 Å². The first kappa shape index (κ1) is 18.3. The smallest absolute Gasteiger partial charge is 0.137 e. The zero-order valence-electron chi connectivity index (χ0n) is 14.8. The van der Waals surface area contributed by atoms with Crippen LogP contribution in [0.2, 0.25) is 0 Å². The topological polar surface area (TPSA) is 64.7 Å². The van der Waals surface area contributed by atoms with Crippen molar-refractivity contribution >= 4 is 0 Å². The van der Waals surface area contributed by atoms with E-state index in [-0.39, 0.29) is 0 Å². The number of hydrogen-bond acceptors (Lipinski definition) is 4. The molecule has 0 fully saturated rings. The quantitative estimate of drug-likeness (QED) is 0.818. The molecule has 0 saturated carbocycles. The molecule has 0 aliphatic rings. The fourth-order valence-electron chi connectivity index (χ4n) is 3.14. The number of ether oxygens (including phenoxy) is 2. The maximum absolute atomic E-state index is 11.8. The molecule has 0 spiro atoms. The lowest BCUT2D eigenvalue weighted by Crippen LogP contribution is -2.47. The Balaban J connectivity index is 2.70. The van der Waals surface area contributed by atoms with E-state index in [1.165, 1.54) is 0 Å². The minimum absolute atomic E-state index is 0.343. The van der Waals surface area contributed by atoms with Gasteiger partial charge in [0.1, 0.15) is 17.1 Å². The summed E-state index contributed by atoms with van der Waals surface area (Å²) in [7, 11) is 3.19. The summed E-state index contributed by atoms with van der Waals surface area (Å²) in [5, 5.41) is 11.8. The zero-order valence-corrected chi connectivity index (χ0v) is 14.8. The molecule has 0 bridgehead atoms. The van der Waals surface area contributed by atoms with E-state index < -0.39 is 11.6 Å². The van der Waals surface area contributed by atoms with Crippen LogP contribution in [-0.4, -0.2) is 25.4 Å². The van der Waals surface area contributed by atoms with Gasteiger partial charge in [-0.3, -0.25) is 0 Å². The maximum atomic E-state index is 11.8. The number of benzene rings is 2. The number of nitrogens with two attached hydrogens (primary N) is 1. The van der Waals surface area contributed by atoms with Gasteiger partial charge in [-0.05, 0) is 24.5 Å². The molecule has 4 nitrogen and oxygen atoms in total. The van der Waals surface area contributed by atoms with Crippen molar-refractivity contribution in [3.63, 3.8) is 0 Å². The number of para-hydroxylation sites is 2. The molecule has 2 aromatic rings. The number of rotatable bonds is 7. The monoisotopic (exact) mass is 329 g/mol. The Morgan fingerprint density at radius 3 is 1.71 bits per heavy atom. The molecule has 3 N–H and O–H groups in total. The summed E-state index contributed by atoms with van der Waals surface area (Å²) in [6.45, 7) is 4.18. The predicted octanol–water partition coefficient (Wildman–Crippen LogP) is 3.31. The molecular formula is C20H27NO3. The molecule has 0 saturated heterocycles. The molecule has 1 atom stereocenters. The van der Waals surface area contributed by atoms with Crippen molar-refractivity contribution in [1.82, 2.24) is 0 Å². The molecule has 1 unspecified atom stereocenters. The molecule has 130 valence electrons. The molecule has 0 heterocycles. The normalized spacial score (nSPS) is 13.0. The fraction of sp³-hybridized carbons (Fsp3) is 0.400. The Morgan fingerprint density at radius 2 is 1.33 bits per heavy atom. The summed E-state index contributed by atoms with van der Waals surface area (Å²) < 4.78 is 11.0. The molecule has 2 aromatic carbocycles. The Kier molecular flexibility index (Phi) is 5.86.